The molecule has 1 saturated heterocycles. The quantitative estimate of drug-likeness (QED) is 0.844. The number of piperazine rings is 1. The Morgan fingerprint density at radius 2 is 1.80 bits per heavy atom. The van der Waals surface area contributed by atoms with Crippen LogP contribution in [0.5, 0.6) is 0 Å². The van der Waals surface area contributed by atoms with E-state index >= 15 is 0 Å². The molecular weight excluding hydrogens is 378 g/mol. The average Bonchev–Trinajstić information content (AvgIpc) is 2.63. The minimum Gasteiger partial charge on any atom is -0.368 e. The zero-order chi connectivity index (χ0) is 17.6. The van der Waals surface area contributed by atoms with Crippen LogP contribution in [0.25, 0.3) is 0 Å². The lowest BCUT2D eigenvalue weighted by molar-refractivity contribution is 0.194. The third-order valence-corrected chi connectivity index (χ3v) is 5.07. The number of hydrogen-bond acceptors (Lipinski definition) is 2. The van der Waals surface area contributed by atoms with Gasteiger partial charge in [-0.25, -0.2) is 4.79 Å². The van der Waals surface area contributed by atoms with Crippen LogP contribution in [0.4, 0.5) is 10.5 Å². The molecule has 2 aromatic carbocycles. The fourth-order valence-corrected chi connectivity index (χ4v) is 3.33. The summed E-state index contributed by atoms with van der Waals surface area (Å²) in [6, 6.07) is 16.8. The molecule has 2 amide bonds. The average molecular weight is 402 g/mol. The van der Waals surface area contributed by atoms with Gasteiger partial charge < -0.3 is 15.1 Å². The van der Waals surface area contributed by atoms with Crippen LogP contribution < -0.4 is 10.2 Å². The molecule has 1 fully saturated rings. The largest absolute Gasteiger partial charge is 0.368 e. The highest BCUT2D eigenvalue weighted by molar-refractivity contribution is 9.10. The summed E-state index contributed by atoms with van der Waals surface area (Å²) in [7, 11) is 0. The van der Waals surface area contributed by atoms with Crippen molar-refractivity contribution in [2.75, 3.05) is 37.6 Å². The molecule has 0 saturated carbocycles. The molecule has 0 aliphatic carbocycles. The number of nitrogens with one attached hydrogen (secondary N) is 1. The van der Waals surface area contributed by atoms with E-state index < -0.39 is 0 Å². The van der Waals surface area contributed by atoms with Crippen LogP contribution in [0, 0.1) is 6.92 Å². The number of carbonyl (C=O) groups excluding carboxylic acids is 1. The van der Waals surface area contributed by atoms with Crippen molar-refractivity contribution in [2.45, 2.75) is 13.3 Å². The molecule has 1 heterocycles. The molecule has 1 aliphatic heterocycles. The van der Waals surface area contributed by atoms with Gasteiger partial charge in [0.1, 0.15) is 0 Å². The van der Waals surface area contributed by atoms with Crippen molar-refractivity contribution in [3.8, 4) is 0 Å². The van der Waals surface area contributed by atoms with Crippen LogP contribution in [0.3, 0.4) is 0 Å². The van der Waals surface area contributed by atoms with E-state index in [0.717, 1.165) is 37.1 Å². The van der Waals surface area contributed by atoms with Crippen LogP contribution in [-0.4, -0.2) is 43.7 Å². The first-order valence-electron chi connectivity index (χ1n) is 8.71. The molecule has 0 bridgehead atoms. The molecule has 1 aliphatic rings. The van der Waals surface area contributed by atoms with Gasteiger partial charge in [0.05, 0.1) is 0 Å². The lowest BCUT2D eigenvalue weighted by atomic mass is 10.1. The fourth-order valence-electron chi connectivity index (χ4n) is 3.07. The Kier molecular flexibility index (Phi) is 5.97. The zero-order valence-corrected chi connectivity index (χ0v) is 16.1. The van der Waals surface area contributed by atoms with Gasteiger partial charge in [-0.1, -0.05) is 40.2 Å². The van der Waals surface area contributed by atoms with Gasteiger partial charge in [0, 0.05) is 42.9 Å². The minimum atomic E-state index is 0.0426. The van der Waals surface area contributed by atoms with Gasteiger partial charge in [-0.05, 0) is 48.7 Å². The van der Waals surface area contributed by atoms with Crippen molar-refractivity contribution < 1.29 is 4.79 Å². The summed E-state index contributed by atoms with van der Waals surface area (Å²) in [6.07, 6.45) is 0.849. The number of urea groups is 1. The van der Waals surface area contributed by atoms with E-state index in [-0.39, 0.29) is 6.03 Å². The van der Waals surface area contributed by atoms with Crippen molar-refractivity contribution in [1.82, 2.24) is 10.2 Å². The van der Waals surface area contributed by atoms with E-state index in [9.17, 15) is 4.79 Å². The third kappa shape index (κ3) is 4.98. The Hall–Kier alpha value is -2.01. The van der Waals surface area contributed by atoms with Gasteiger partial charge in [-0.2, -0.15) is 0 Å². The summed E-state index contributed by atoms with van der Waals surface area (Å²) in [5.41, 5.74) is 3.74. The monoisotopic (exact) mass is 401 g/mol. The van der Waals surface area contributed by atoms with Crippen molar-refractivity contribution in [1.29, 1.82) is 0 Å². The number of rotatable bonds is 4. The van der Waals surface area contributed by atoms with Gasteiger partial charge >= 0.3 is 6.03 Å². The SMILES string of the molecule is Cc1cccc(N2CCN(C(=O)NCCc3ccc(Br)cc3)CC2)c1. The number of amides is 2. The lowest BCUT2D eigenvalue weighted by Gasteiger charge is -2.36. The molecule has 25 heavy (non-hydrogen) atoms. The molecule has 2 aromatic rings. The molecule has 132 valence electrons. The highest BCUT2D eigenvalue weighted by Gasteiger charge is 2.20. The molecule has 4 nitrogen and oxygen atoms in total. The second-order valence-corrected chi connectivity index (χ2v) is 7.34. The molecular formula is C20H24BrN3O. The fraction of sp³-hybridized carbons (Fsp3) is 0.350. The number of anilines is 1. The highest BCUT2D eigenvalue weighted by atomic mass is 79.9. The third-order valence-electron chi connectivity index (χ3n) is 4.54. The summed E-state index contributed by atoms with van der Waals surface area (Å²) in [5.74, 6) is 0. The molecule has 0 aromatic heterocycles. The zero-order valence-electron chi connectivity index (χ0n) is 14.5. The summed E-state index contributed by atoms with van der Waals surface area (Å²) in [4.78, 5) is 16.6. The standard InChI is InChI=1S/C20H24BrN3O/c1-16-3-2-4-19(15-16)23-11-13-24(14-12-23)20(25)22-10-9-17-5-7-18(21)8-6-17/h2-8,15H,9-14H2,1H3,(H,22,25). The second-order valence-electron chi connectivity index (χ2n) is 6.42. The molecule has 0 atom stereocenters. The second kappa shape index (κ2) is 8.39. The number of nitrogens with zero attached hydrogens (tertiary/aromatic N) is 2. The van der Waals surface area contributed by atoms with Gasteiger partial charge in [-0.3, -0.25) is 0 Å². The number of carbonyl (C=O) groups is 1. The molecule has 0 unspecified atom stereocenters. The van der Waals surface area contributed by atoms with Gasteiger partial charge in [-0.15, -0.1) is 0 Å². The van der Waals surface area contributed by atoms with Crippen LogP contribution in [0.15, 0.2) is 53.0 Å². The highest BCUT2D eigenvalue weighted by Crippen LogP contribution is 2.17. The number of halogens is 1. The maximum Gasteiger partial charge on any atom is 0.317 e. The molecule has 3 rings (SSSR count). The van der Waals surface area contributed by atoms with Gasteiger partial charge in [0.2, 0.25) is 0 Å². The summed E-state index contributed by atoms with van der Waals surface area (Å²) in [5, 5.41) is 3.04. The Morgan fingerprint density at radius 3 is 2.48 bits per heavy atom. The van der Waals surface area contributed by atoms with E-state index in [4.69, 9.17) is 0 Å². The topological polar surface area (TPSA) is 35.6 Å². The Morgan fingerprint density at radius 1 is 1.08 bits per heavy atom. The molecule has 0 spiro atoms. The van der Waals surface area contributed by atoms with Crippen molar-refractivity contribution in [3.63, 3.8) is 0 Å². The van der Waals surface area contributed by atoms with Crippen LogP contribution in [-0.2, 0) is 6.42 Å². The Labute approximate surface area is 158 Å². The number of aryl methyl sites for hydroxylation is 1. The molecule has 5 heteroatoms. The van der Waals surface area contributed by atoms with E-state index in [2.05, 4.69) is 69.5 Å². The summed E-state index contributed by atoms with van der Waals surface area (Å²) < 4.78 is 1.08. The van der Waals surface area contributed by atoms with Crippen LogP contribution in [0.2, 0.25) is 0 Å². The van der Waals surface area contributed by atoms with Gasteiger partial charge in [0.25, 0.3) is 0 Å². The predicted octanol–water partition coefficient (Wildman–Crippen LogP) is 3.83. The van der Waals surface area contributed by atoms with E-state index in [1.54, 1.807) is 0 Å². The molecule has 0 radical (unpaired) electrons. The maximum absolute atomic E-state index is 12.3. The first-order valence-corrected chi connectivity index (χ1v) is 9.50. The van der Waals surface area contributed by atoms with Crippen LogP contribution in [0.1, 0.15) is 11.1 Å². The van der Waals surface area contributed by atoms with Gasteiger partial charge in [0.15, 0.2) is 0 Å². The summed E-state index contributed by atoms with van der Waals surface area (Å²) >= 11 is 3.43. The first kappa shape index (κ1) is 17.8. The van der Waals surface area contributed by atoms with Crippen molar-refractivity contribution >= 4 is 27.6 Å². The van der Waals surface area contributed by atoms with Crippen molar-refractivity contribution in [3.05, 3.63) is 64.1 Å². The van der Waals surface area contributed by atoms with E-state index in [1.807, 2.05) is 17.0 Å². The Bertz CT molecular complexity index is 709. The smallest absolute Gasteiger partial charge is 0.317 e. The van der Waals surface area contributed by atoms with E-state index in [0.29, 0.717) is 6.54 Å². The van der Waals surface area contributed by atoms with Crippen molar-refractivity contribution in [2.24, 2.45) is 0 Å². The lowest BCUT2D eigenvalue weighted by Crippen LogP contribution is -2.52. The maximum atomic E-state index is 12.3. The minimum absolute atomic E-state index is 0.0426. The predicted molar refractivity (Wildman–Crippen MR) is 106 cm³/mol. The Balaban J connectivity index is 1.43. The molecule has 1 N–H and O–H groups in total. The number of hydrogen-bond donors (Lipinski definition) is 1. The number of benzene rings is 2. The van der Waals surface area contributed by atoms with E-state index in [1.165, 1.54) is 16.8 Å². The first-order chi connectivity index (χ1) is 12.1. The van der Waals surface area contributed by atoms with Crippen LogP contribution >= 0.6 is 15.9 Å². The summed E-state index contributed by atoms with van der Waals surface area (Å²) in [6.45, 7) is 6.06. The normalized spacial score (nSPS) is 14.5.